The summed E-state index contributed by atoms with van der Waals surface area (Å²) < 4.78 is 11.2. The maximum absolute atomic E-state index is 13.2. The van der Waals surface area contributed by atoms with Crippen LogP contribution in [0.15, 0.2) is 42.5 Å². The number of carbonyl (C=O) groups excluding carboxylic acids is 3. The molecule has 5 rings (SSSR count). The summed E-state index contributed by atoms with van der Waals surface area (Å²) in [7, 11) is 0. The summed E-state index contributed by atoms with van der Waals surface area (Å²) >= 11 is 0. The summed E-state index contributed by atoms with van der Waals surface area (Å²) in [6.07, 6.45) is 1.99. The Bertz CT molecular complexity index is 1030. The number of urea groups is 1. The van der Waals surface area contributed by atoms with Crippen molar-refractivity contribution in [2.75, 3.05) is 19.8 Å². The molecule has 3 amide bonds. The van der Waals surface area contributed by atoms with E-state index in [0.29, 0.717) is 43.1 Å². The maximum Gasteiger partial charge on any atom is 0.325 e. The predicted octanol–water partition coefficient (Wildman–Crippen LogP) is 2.42. The summed E-state index contributed by atoms with van der Waals surface area (Å²) in [4.78, 5) is 39.7. The lowest BCUT2D eigenvalue weighted by molar-refractivity contribution is -0.131. The molecular weight excluding hydrogens is 372 g/mol. The molecule has 2 aromatic carbocycles. The highest BCUT2D eigenvalue weighted by Gasteiger charge is 2.55. The van der Waals surface area contributed by atoms with E-state index in [1.807, 2.05) is 24.3 Å². The second kappa shape index (κ2) is 6.62. The van der Waals surface area contributed by atoms with Crippen molar-refractivity contribution in [2.45, 2.75) is 24.8 Å². The Morgan fingerprint density at radius 1 is 1.07 bits per heavy atom. The lowest BCUT2D eigenvalue weighted by Crippen LogP contribution is -2.42. The Kier molecular flexibility index (Phi) is 4.04. The van der Waals surface area contributed by atoms with Gasteiger partial charge in [-0.25, -0.2) is 4.79 Å². The van der Waals surface area contributed by atoms with E-state index in [1.54, 1.807) is 18.2 Å². The summed E-state index contributed by atoms with van der Waals surface area (Å²) in [5.41, 5.74) is 1.20. The van der Waals surface area contributed by atoms with Crippen molar-refractivity contribution >= 4 is 17.7 Å². The molecule has 1 N–H and O–H groups in total. The van der Waals surface area contributed by atoms with Crippen LogP contribution in [-0.2, 0) is 16.8 Å². The molecule has 7 heteroatoms. The number of ether oxygens (including phenoxy) is 2. The van der Waals surface area contributed by atoms with E-state index in [9.17, 15) is 14.4 Å². The molecule has 148 valence electrons. The van der Waals surface area contributed by atoms with Gasteiger partial charge in [-0.3, -0.25) is 14.5 Å². The average Bonchev–Trinajstić information content (AvgIpc) is 3.09. The van der Waals surface area contributed by atoms with Gasteiger partial charge >= 0.3 is 6.03 Å². The maximum atomic E-state index is 13.2. The standard InChI is InChI=1S/C22H20N2O5/c25-17(15-6-7-18-19(12-15)29-11-3-10-28-18)13-24-20(26)22(23-21(24)27)9-8-14-4-1-2-5-16(14)22/h1-2,4-7,12H,3,8-11,13H2,(H,23,27)/t22-/m1/s1. The van der Waals surface area contributed by atoms with Crippen LogP contribution >= 0.6 is 0 Å². The molecule has 1 fully saturated rings. The molecule has 0 radical (unpaired) electrons. The van der Waals surface area contributed by atoms with Crippen LogP contribution in [0.3, 0.4) is 0 Å². The largest absolute Gasteiger partial charge is 0.490 e. The summed E-state index contributed by atoms with van der Waals surface area (Å²) in [6.45, 7) is 0.764. The Morgan fingerprint density at radius 2 is 1.86 bits per heavy atom. The first-order valence-electron chi connectivity index (χ1n) is 9.74. The number of Topliss-reactive ketones (excluding diaryl/α,β-unsaturated/α-hetero) is 1. The zero-order chi connectivity index (χ0) is 20.0. The molecule has 2 heterocycles. The highest BCUT2D eigenvalue weighted by molar-refractivity contribution is 6.12. The number of amides is 3. The van der Waals surface area contributed by atoms with Gasteiger partial charge in [-0.05, 0) is 42.2 Å². The highest BCUT2D eigenvalue weighted by Crippen LogP contribution is 2.41. The van der Waals surface area contributed by atoms with Crippen LogP contribution < -0.4 is 14.8 Å². The fourth-order valence-electron chi connectivity index (χ4n) is 4.30. The molecule has 3 aliphatic rings. The van der Waals surface area contributed by atoms with Gasteiger partial charge in [-0.15, -0.1) is 0 Å². The van der Waals surface area contributed by atoms with Crippen molar-refractivity contribution < 1.29 is 23.9 Å². The number of nitrogens with one attached hydrogen (secondary N) is 1. The van der Waals surface area contributed by atoms with Crippen LogP contribution in [0.5, 0.6) is 11.5 Å². The predicted molar refractivity (Wildman–Crippen MR) is 103 cm³/mol. The number of hydrogen-bond donors (Lipinski definition) is 1. The molecule has 0 saturated carbocycles. The van der Waals surface area contributed by atoms with Gasteiger partial charge in [0.1, 0.15) is 5.54 Å². The molecule has 2 aliphatic heterocycles. The molecule has 1 spiro atoms. The first-order valence-corrected chi connectivity index (χ1v) is 9.74. The Hall–Kier alpha value is -3.35. The van der Waals surface area contributed by atoms with Crippen molar-refractivity contribution in [2.24, 2.45) is 0 Å². The van der Waals surface area contributed by atoms with Crippen molar-refractivity contribution in [3.63, 3.8) is 0 Å². The fraction of sp³-hybridized carbons (Fsp3) is 0.318. The number of fused-ring (bicyclic) bond motifs is 3. The smallest absolute Gasteiger partial charge is 0.325 e. The van der Waals surface area contributed by atoms with E-state index in [4.69, 9.17) is 9.47 Å². The molecule has 0 bridgehead atoms. The van der Waals surface area contributed by atoms with Crippen molar-refractivity contribution in [3.05, 3.63) is 59.2 Å². The Labute approximate surface area is 167 Å². The first-order chi connectivity index (χ1) is 14.1. The fourth-order valence-corrected chi connectivity index (χ4v) is 4.30. The second-order valence-corrected chi connectivity index (χ2v) is 7.52. The van der Waals surface area contributed by atoms with Gasteiger partial charge in [-0.1, -0.05) is 24.3 Å². The van der Waals surface area contributed by atoms with E-state index >= 15 is 0 Å². The minimum Gasteiger partial charge on any atom is -0.490 e. The third-order valence-electron chi connectivity index (χ3n) is 5.79. The number of rotatable bonds is 3. The molecule has 1 atom stereocenters. The van der Waals surface area contributed by atoms with Crippen LogP contribution in [0.1, 0.15) is 34.3 Å². The van der Waals surface area contributed by atoms with Gasteiger partial charge in [0.2, 0.25) is 0 Å². The molecule has 29 heavy (non-hydrogen) atoms. The monoisotopic (exact) mass is 392 g/mol. The van der Waals surface area contributed by atoms with Crippen LogP contribution in [0, 0.1) is 0 Å². The second-order valence-electron chi connectivity index (χ2n) is 7.52. The molecule has 2 aromatic rings. The number of hydrogen-bond acceptors (Lipinski definition) is 5. The lowest BCUT2D eigenvalue weighted by Gasteiger charge is -2.22. The lowest BCUT2D eigenvalue weighted by atomic mass is 9.92. The van der Waals surface area contributed by atoms with E-state index in [-0.39, 0.29) is 18.2 Å². The SMILES string of the molecule is O=C(CN1C(=O)N[C@@]2(CCc3ccccc32)C1=O)c1ccc2c(c1)OCCCO2. The third kappa shape index (κ3) is 2.76. The van der Waals surface area contributed by atoms with Crippen LogP contribution in [-0.4, -0.2) is 42.4 Å². The Balaban J connectivity index is 1.39. The molecule has 0 aromatic heterocycles. The zero-order valence-electron chi connectivity index (χ0n) is 15.8. The molecule has 1 saturated heterocycles. The van der Waals surface area contributed by atoms with Gasteiger partial charge in [-0.2, -0.15) is 0 Å². The number of ketones is 1. The minimum atomic E-state index is -1.06. The molecule has 1 aliphatic carbocycles. The average molecular weight is 392 g/mol. The van der Waals surface area contributed by atoms with Crippen LogP contribution in [0.25, 0.3) is 0 Å². The Morgan fingerprint density at radius 3 is 2.72 bits per heavy atom. The van der Waals surface area contributed by atoms with Gasteiger partial charge in [0.15, 0.2) is 17.3 Å². The quantitative estimate of drug-likeness (QED) is 0.641. The zero-order valence-corrected chi connectivity index (χ0v) is 15.8. The normalized spacial score (nSPS) is 22.4. The molecule has 7 nitrogen and oxygen atoms in total. The van der Waals surface area contributed by atoms with Crippen molar-refractivity contribution in [3.8, 4) is 11.5 Å². The van der Waals surface area contributed by atoms with E-state index in [1.165, 1.54) is 0 Å². The van der Waals surface area contributed by atoms with Gasteiger partial charge < -0.3 is 14.8 Å². The molecule has 0 unspecified atom stereocenters. The minimum absolute atomic E-state index is 0.311. The highest BCUT2D eigenvalue weighted by atomic mass is 16.5. The van der Waals surface area contributed by atoms with Crippen LogP contribution in [0.2, 0.25) is 0 Å². The van der Waals surface area contributed by atoms with Gasteiger partial charge in [0.05, 0.1) is 19.8 Å². The summed E-state index contributed by atoms with van der Waals surface area (Å²) in [6, 6.07) is 12.0. The van der Waals surface area contributed by atoms with Gasteiger partial charge in [0, 0.05) is 12.0 Å². The summed E-state index contributed by atoms with van der Waals surface area (Å²) in [5.74, 6) is 0.407. The van der Waals surface area contributed by atoms with Gasteiger partial charge in [0.25, 0.3) is 5.91 Å². The number of carbonyl (C=O) groups is 3. The van der Waals surface area contributed by atoms with Crippen molar-refractivity contribution in [1.29, 1.82) is 0 Å². The van der Waals surface area contributed by atoms with E-state index in [0.717, 1.165) is 22.4 Å². The number of aryl methyl sites for hydroxylation is 1. The van der Waals surface area contributed by atoms with E-state index < -0.39 is 11.6 Å². The van der Waals surface area contributed by atoms with Crippen LogP contribution in [0.4, 0.5) is 4.79 Å². The molecular formula is C22H20N2O5. The summed E-state index contributed by atoms with van der Waals surface area (Å²) in [5, 5.41) is 2.84. The topological polar surface area (TPSA) is 84.9 Å². The van der Waals surface area contributed by atoms with Crippen molar-refractivity contribution in [1.82, 2.24) is 10.2 Å². The number of benzene rings is 2. The third-order valence-corrected chi connectivity index (χ3v) is 5.79. The number of imide groups is 1. The number of nitrogens with zero attached hydrogens (tertiary/aromatic N) is 1. The van der Waals surface area contributed by atoms with E-state index in [2.05, 4.69) is 5.32 Å². The first kappa shape index (κ1) is 17.7.